The number of hydrogen-bond acceptors (Lipinski definition) is 4. The van der Waals surface area contributed by atoms with Gasteiger partial charge in [-0.2, -0.15) is 5.10 Å². The molecule has 1 saturated heterocycles. The third-order valence-corrected chi connectivity index (χ3v) is 6.31. The molecule has 6 nitrogen and oxygen atoms in total. The first-order valence-corrected chi connectivity index (χ1v) is 10.6. The summed E-state index contributed by atoms with van der Waals surface area (Å²) in [5, 5.41) is 17.7. The Balaban J connectivity index is 1.69. The lowest BCUT2D eigenvalue weighted by Crippen LogP contribution is -2.30. The zero-order chi connectivity index (χ0) is 20.4. The highest BCUT2D eigenvalue weighted by Crippen LogP contribution is 2.38. The Morgan fingerprint density at radius 3 is 2.93 bits per heavy atom. The normalized spacial score (nSPS) is 16.6. The second-order valence-electron chi connectivity index (χ2n) is 7.40. The summed E-state index contributed by atoms with van der Waals surface area (Å²) in [6.07, 6.45) is 8.58. The van der Waals surface area contributed by atoms with Gasteiger partial charge < -0.3 is 10.0 Å². The van der Waals surface area contributed by atoms with Gasteiger partial charge >= 0.3 is 5.97 Å². The van der Waals surface area contributed by atoms with E-state index in [4.69, 9.17) is 33.3 Å². The number of hydrogen-bond donors (Lipinski definition) is 2. The molecule has 0 amide bonds. The Bertz CT molecular complexity index is 1020. The van der Waals surface area contributed by atoms with E-state index in [9.17, 15) is 4.79 Å². The third-order valence-electron chi connectivity index (χ3n) is 5.52. The van der Waals surface area contributed by atoms with Gasteiger partial charge in [0, 0.05) is 36.2 Å². The van der Waals surface area contributed by atoms with Crippen LogP contribution in [0.5, 0.6) is 0 Å². The van der Waals surface area contributed by atoms with Crippen LogP contribution < -0.4 is 4.90 Å². The molecular formula is C21H22Cl2N4O2. The molecule has 0 saturated carbocycles. The van der Waals surface area contributed by atoms with Gasteiger partial charge in [-0.05, 0) is 43.4 Å². The van der Waals surface area contributed by atoms with E-state index in [-0.39, 0.29) is 6.42 Å². The lowest BCUT2D eigenvalue weighted by molar-refractivity contribution is -0.137. The van der Waals surface area contributed by atoms with Crippen molar-refractivity contribution < 1.29 is 9.90 Å². The number of anilines is 1. The zero-order valence-corrected chi connectivity index (χ0v) is 17.4. The van der Waals surface area contributed by atoms with E-state index in [0.717, 1.165) is 54.6 Å². The monoisotopic (exact) mass is 432 g/mol. The average molecular weight is 433 g/mol. The van der Waals surface area contributed by atoms with Gasteiger partial charge in [0.25, 0.3) is 0 Å². The number of nitrogens with one attached hydrogen (secondary N) is 1. The van der Waals surface area contributed by atoms with Crippen LogP contribution >= 0.6 is 23.2 Å². The highest BCUT2D eigenvalue weighted by molar-refractivity contribution is 6.45. The Morgan fingerprint density at radius 1 is 1.31 bits per heavy atom. The van der Waals surface area contributed by atoms with Crippen molar-refractivity contribution in [3.8, 4) is 11.1 Å². The molecule has 1 fully saturated rings. The molecule has 2 N–H and O–H groups in total. The number of rotatable bonds is 7. The number of carbonyl (C=O) groups is 1. The molecule has 0 spiro atoms. The molecule has 3 heterocycles. The smallest absolute Gasteiger partial charge is 0.303 e. The number of unbranched alkanes of at least 4 members (excludes halogenated alkanes) is 1. The van der Waals surface area contributed by atoms with E-state index in [0.29, 0.717) is 28.0 Å². The van der Waals surface area contributed by atoms with Crippen molar-refractivity contribution in [2.45, 2.75) is 44.6 Å². The number of fused-ring (bicyclic) bond motifs is 1. The van der Waals surface area contributed by atoms with Gasteiger partial charge in [-0.15, -0.1) is 0 Å². The summed E-state index contributed by atoms with van der Waals surface area (Å²) < 4.78 is 0. The quantitative estimate of drug-likeness (QED) is 0.478. The molecule has 1 aromatic carbocycles. The molecule has 152 valence electrons. The standard InChI is InChI=1S/C21H22Cl2N4O2/c22-17-8-7-15-16(13-11-24-25-12-13)10-18(26-21(15)20(17)23)27-9-3-5-14(27)4-1-2-6-19(28)29/h7-8,10-12,14H,1-6,9H2,(H,24,25)(H,28,29)/t14-/m1/s1. The van der Waals surface area contributed by atoms with Crippen LogP contribution in [0.2, 0.25) is 10.0 Å². The number of pyridine rings is 1. The summed E-state index contributed by atoms with van der Waals surface area (Å²) in [7, 11) is 0. The van der Waals surface area contributed by atoms with Gasteiger partial charge in [0.05, 0.1) is 21.8 Å². The highest BCUT2D eigenvalue weighted by atomic mass is 35.5. The van der Waals surface area contributed by atoms with Crippen LogP contribution in [0, 0.1) is 0 Å². The maximum atomic E-state index is 10.8. The van der Waals surface area contributed by atoms with Crippen molar-refractivity contribution >= 4 is 45.9 Å². The van der Waals surface area contributed by atoms with Crippen molar-refractivity contribution in [3.05, 3.63) is 40.6 Å². The summed E-state index contributed by atoms with van der Waals surface area (Å²) in [6, 6.07) is 6.17. The highest BCUT2D eigenvalue weighted by Gasteiger charge is 2.26. The fourth-order valence-corrected chi connectivity index (χ4v) is 4.46. The molecule has 8 heteroatoms. The summed E-state index contributed by atoms with van der Waals surface area (Å²) in [4.78, 5) is 18.0. The van der Waals surface area contributed by atoms with Gasteiger partial charge in [0.1, 0.15) is 5.82 Å². The van der Waals surface area contributed by atoms with Crippen molar-refractivity contribution in [1.82, 2.24) is 15.2 Å². The van der Waals surface area contributed by atoms with E-state index in [1.54, 1.807) is 12.3 Å². The minimum atomic E-state index is -0.735. The maximum absolute atomic E-state index is 10.8. The van der Waals surface area contributed by atoms with Gasteiger partial charge in [-0.25, -0.2) is 4.98 Å². The molecule has 0 bridgehead atoms. The first kappa shape index (κ1) is 20.0. The number of aliphatic carboxylic acids is 1. The lowest BCUT2D eigenvalue weighted by atomic mass is 10.0. The summed E-state index contributed by atoms with van der Waals surface area (Å²) in [6.45, 7) is 0.922. The zero-order valence-electron chi connectivity index (χ0n) is 15.9. The SMILES string of the molecule is O=C(O)CCCC[C@@H]1CCCN1c1cc(-c2cn[nH]c2)c2ccc(Cl)c(Cl)c2n1. The van der Waals surface area contributed by atoms with Gasteiger partial charge in [0.2, 0.25) is 0 Å². The molecular weight excluding hydrogens is 411 g/mol. The van der Waals surface area contributed by atoms with E-state index in [1.165, 1.54) is 0 Å². The second-order valence-corrected chi connectivity index (χ2v) is 8.19. The maximum Gasteiger partial charge on any atom is 0.303 e. The van der Waals surface area contributed by atoms with Crippen LogP contribution in [0.3, 0.4) is 0 Å². The molecule has 0 aliphatic carbocycles. The Hall–Kier alpha value is -2.31. The molecule has 1 atom stereocenters. The summed E-state index contributed by atoms with van der Waals surface area (Å²) in [5.74, 6) is 0.138. The van der Waals surface area contributed by atoms with Crippen LogP contribution in [-0.4, -0.2) is 38.8 Å². The van der Waals surface area contributed by atoms with Crippen molar-refractivity contribution in [2.75, 3.05) is 11.4 Å². The molecule has 29 heavy (non-hydrogen) atoms. The lowest BCUT2D eigenvalue weighted by Gasteiger charge is -2.27. The van der Waals surface area contributed by atoms with Crippen molar-refractivity contribution in [2.24, 2.45) is 0 Å². The number of aromatic nitrogens is 3. The number of aromatic amines is 1. The minimum absolute atomic E-state index is 0.222. The van der Waals surface area contributed by atoms with Crippen LogP contribution in [0.1, 0.15) is 38.5 Å². The van der Waals surface area contributed by atoms with Gasteiger partial charge in [-0.3, -0.25) is 9.89 Å². The molecule has 3 aromatic rings. The predicted octanol–water partition coefficient (Wildman–Crippen LogP) is 5.55. The minimum Gasteiger partial charge on any atom is -0.481 e. The predicted molar refractivity (Wildman–Crippen MR) is 116 cm³/mol. The molecule has 4 rings (SSSR count). The summed E-state index contributed by atoms with van der Waals surface area (Å²) >= 11 is 12.8. The third kappa shape index (κ3) is 4.19. The number of halogens is 2. The Kier molecular flexibility index (Phi) is 5.92. The summed E-state index contributed by atoms with van der Waals surface area (Å²) in [5.41, 5.74) is 2.66. The van der Waals surface area contributed by atoms with Gasteiger partial charge in [-0.1, -0.05) is 35.7 Å². The molecule has 1 aliphatic rings. The fourth-order valence-electron chi connectivity index (χ4n) is 4.10. The van der Waals surface area contributed by atoms with Crippen LogP contribution in [0.15, 0.2) is 30.6 Å². The molecule has 0 radical (unpaired) electrons. The first-order chi connectivity index (χ1) is 14.0. The van der Waals surface area contributed by atoms with E-state index in [2.05, 4.69) is 21.2 Å². The largest absolute Gasteiger partial charge is 0.481 e. The number of carboxylic acid groups (broad SMARTS) is 1. The van der Waals surface area contributed by atoms with Crippen molar-refractivity contribution in [1.29, 1.82) is 0 Å². The Labute approximate surface area is 178 Å². The van der Waals surface area contributed by atoms with E-state index >= 15 is 0 Å². The van der Waals surface area contributed by atoms with Crippen molar-refractivity contribution in [3.63, 3.8) is 0 Å². The molecule has 1 aliphatic heterocycles. The topological polar surface area (TPSA) is 82.1 Å². The van der Waals surface area contributed by atoms with Crippen LogP contribution in [0.4, 0.5) is 5.82 Å². The number of carboxylic acids is 1. The van der Waals surface area contributed by atoms with Gasteiger partial charge in [0.15, 0.2) is 0 Å². The first-order valence-electron chi connectivity index (χ1n) is 9.81. The number of benzene rings is 1. The molecule has 2 aromatic heterocycles. The number of H-pyrrole nitrogens is 1. The van der Waals surface area contributed by atoms with E-state index in [1.807, 2.05) is 12.3 Å². The van der Waals surface area contributed by atoms with Crippen LogP contribution in [-0.2, 0) is 4.79 Å². The Morgan fingerprint density at radius 2 is 2.17 bits per heavy atom. The molecule has 0 unspecified atom stereocenters. The average Bonchev–Trinajstić information content (AvgIpc) is 3.39. The number of nitrogens with zero attached hydrogens (tertiary/aromatic N) is 3. The fraction of sp³-hybridized carbons (Fsp3) is 0.381. The second kappa shape index (κ2) is 8.59. The van der Waals surface area contributed by atoms with Crippen LogP contribution in [0.25, 0.3) is 22.0 Å². The van der Waals surface area contributed by atoms with E-state index < -0.39 is 5.97 Å².